The zero-order valence-electron chi connectivity index (χ0n) is 11.6. The maximum absolute atomic E-state index is 5.70. The number of thiazole rings is 1. The average molecular weight is 287 g/mol. The molecular formula is C14H17N5S. The van der Waals surface area contributed by atoms with Crippen molar-refractivity contribution >= 4 is 33.3 Å². The first-order chi connectivity index (χ1) is 9.72. The minimum atomic E-state index is 0.521. The van der Waals surface area contributed by atoms with E-state index in [1.807, 2.05) is 18.3 Å². The lowest BCUT2D eigenvalue weighted by atomic mass is 10.2. The van der Waals surface area contributed by atoms with E-state index in [1.165, 1.54) is 0 Å². The monoisotopic (exact) mass is 287 g/mol. The Labute approximate surface area is 121 Å². The van der Waals surface area contributed by atoms with Crippen molar-refractivity contribution in [1.29, 1.82) is 0 Å². The molecule has 0 aromatic carbocycles. The van der Waals surface area contributed by atoms with Crippen LogP contribution in [0.15, 0.2) is 23.7 Å². The van der Waals surface area contributed by atoms with Crippen molar-refractivity contribution < 1.29 is 0 Å². The predicted octanol–water partition coefficient (Wildman–Crippen LogP) is 3.11. The number of nitrogens with two attached hydrogens (primary N) is 1. The Morgan fingerprint density at radius 2 is 2.05 bits per heavy atom. The number of aromatic amines is 1. The summed E-state index contributed by atoms with van der Waals surface area (Å²) in [6.45, 7) is 6.22. The lowest BCUT2D eigenvalue weighted by Gasteiger charge is -2.16. The Bertz CT molecular complexity index is 726. The molecule has 0 unspecified atom stereocenters. The van der Waals surface area contributed by atoms with Crippen LogP contribution in [0.3, 0.4) is 0 Å². The number of nitrogens with one attached hydrogen (secondary N) is 1. The minimum absolute atomic E-state index is 0.521. The van der Waals surface area contributed by atoms with Gasteiger partial charge in [0.05, 0.1) is 5.69 Å². The number of H-pyrrole nitrogens is 1. The number of nitrogens with zero attached hydrogens (tertiary/aromatic N) is 3. The van der Waals surface area contributed by atoms with Crippen LogP contribution >= 0.6 is 11.3 Å². The fourth-order valence-corrected chi connectivity index (χ4v) is 3.21. The van der Waals surface area contributed by atoms with E-state index in [2.05, 4.69) is 34.1 Å². The van der Waals surface area contributed by atoms with Gasteiger partial charge in [0.15, 0.2) is 5.13 Å². The van der Waals surface area contributed by atoms with E-state index in [4.69, 9.17) is 10.7 Å². The quantitative estimate of drug-likeness (QED) is 0.773. The number of hydrogen-bond donors (Lipinski definition) is 2. The van der Waals surface area contributed by atoms with Crippen molar-refractivity contribution in [2.45, 2.75) is 13.8 Å². The first kappa shape index (κ1) is 12.9. The summed E-state index contributed by atoms with van der Waals surface area (Å²) >= 11 is 1.67. The fraction of sp³-hybridized carbons (Fsp3) is 0.286. The normalized spacial score (nSPS) is 11.1. The molecule has 0 amide bonds. The Morgan fingerprint density at radius 1 is 1.25 bits per heavy atom. The van der Waals surface area contributed by atoms with Crippen LogP contribution in [0.4, 0.5) is 10.9 Å². The maximum atomic E-state index is 5.70. The molecule has 0 spiro atoms. The van der Waals surface area contributed by atoms with E-state index >= 15 is 0 Å². The smallest absolute Gasteiger partial charge is 0.185 e. The third kappa shape index (κ3) is 2.12. The summed E-state index contributed by atoms with van der Waals surface area (Å²) in [6, 6.07) is 3.80. The van der Waals surface area contributed by atoms with Gasteiger partial charge in [-0.25, -0.2) is 9.97 Å². The van der Waals surface area contributed by atoms with Crippen LogP contribution < -0.4 is 10.6 Å². The van der Waals surface area contributed by atoms with E-state index in [0.717, 1.165) is 40.5 Å². The second kappa shape index (κ2) is 5.13. The van der Waals surface area contributed by atoms with E-state index in [0.29, 0.717) is 5.82 Å². The number of fused-ring (bicyclic) bond motifs is 1. The van der Waals surface area contributed by atoms with Gasteiger partial charge >= 0.3 is 0 Å². The zero-order chi connectivity index (χ0) is 14.1. The first-order valence-electron chi connectivity index (χ1n) is 6.67. The molecule has 3 aromatic heterocycles. The maximum Gasteiger partial charge on any atom is 0.185 e. The molecule has 0 aliphatic heterocycles. The second-order valence-corrected chi connectivity index (χ2v) is 5.36. The Balaban J connectivity index is 2.03. The van der Waals surface area contributed by atoms with Gasteiger partial charge in [-0.2, -0.15) is 0 Å². The molecule has 3 N–H and O–H groups in total. The average Bonchev–Trinajstić information content (AvgIpc) is 3.06. The Kier molecular flexibility index (Phi) is 3.31. The molecule has 3 aromatic rings. The molecule has 0 aliphatic carbocycles. The summed E-state index contributed by atoms with van der Waals surface area (Å²) < 4.78 is 0. The molecule has 0 radical (unpaired) electrons. The van der Waals surface area contributed by atoms with Crippen LogP contribution in [0.5, 0.6) is 0 Å². The van der Waals surface area contributed by atoms with Gasteiger partial charge in [-0.15, -0.1) is 11.3 Å². The van der Waals surface area contributed by atoms with Gasteiger partial charge < -0.3 is 15.6 Å². The lowest BCUT2D eigenvalue weighted by Crippen LogP contribution is -2.21. The third-order valence-electron chi connectivity index (χ3n) is 3.36. The highest BCUT2D eigenvalue weighted by Crippen LogP contribution is 2.32. The molecule has 0 bridgehead atoms. The van der Waals surface area contributed by atoms with Crippen LogP contribution in [0.25, 0.3) is 22.3 Å². The molecular weight excluding hydrogens is 270 g/mol. The van der Waals surface area contributed by atoms with Crippen LogP contribution in [0.1, 0.15) is 13.8 Å². The molecule has 0 atom stereocenters. The van der Waals surface area contributed by atoms with Gasteiger partial charge in [-0.3, -0.25) is 0 Å². The van der Waals surface area contributed by atoms with E-state index in [1.54, 1.807) is 11.3 Å². The molecule has 0 saturated heterocycles. The lowest BCUT2D eigenvalue weighted by molar-refractivity contribution is 0.860. The summed E-state index contributed by atoms with van der Waals surface area (Å²) in [5, 5.41) is 4.20. The molecule has 6 heteroatoms. The minimum Gasteiger partial charge on any atom is -0.384 e. The summed E-state index contributed by atoms with van der Waals surface area (Å²) in [5.74, 6) is 0.521. The van der Waals surface area contributed by atoms with Crippen molar-refractivity contribution in [3.05, 3.63) is 23.7 Å². The van der Waals surface area contributed by atoms with Crippen LogP contribution in [0.2, 0.25) is 0 Å². The molecule has 104 valence electrons. The SMILES string of the molecule is CCN(CC)c1nc(-c2c[nH]c3nc(N)ccc23)cs1. The summed E-state index contributed by atoms with van der Waals surface area (Å²) in [7, 11) is 0. The van der Waals surface area contributed by atoms with Crippen molar-refractivity contribution in [3.63, 3.8) is 0 Å². The van der Waals surface area contributed by atoms with E-state index in [-0.39, 0.29) is 0 Å². The number of nitrogen functional groups attached to an aromatic ring is 1. The van der Waals surface area contributed by atoms with Crippen molar-refractivity contribution in [2.24, 2.45) is 0 Å². The van der Waals surface area contributed by atoms with Crippen molar-refractivity contribution in [3.8, 4) is 11.3 Å². The number of rotatable bonds is 4. The Hall–Kier alpha value is -2.08. The van der Waals surface area contributed by atoms with Gasteiger partial charge in [0.1, 0.15) is 11.5 Å². The second-order valence-electron chi connectivity index (χ2n) is 4.52. The number of hydrogen-bond acceptors (Lipinski definition) is 5. The third-order valence-corrected chi connectivity index (χ3v) is 4.26. The van der Waals surface area contributed by atoms with Crippen molar-refractivity contribution in [1.82, 2.24) is 15.0 Å². The van der Waals surface area contributed by atoms with Gasteiger partial charge in [0, 0.05) is 35.6 Å². The molecule has 3 rings (SSSR count). The van der Waals surface area contributed by atoms with Gasteiger partial charge in [0.2, 0.25) is 0 Å². The largest absolute Gasteiger partial charge is 0.384 e. The van der Waals surface area contributed by atoms with E-state index < -0.39 is 0 Å². The molecule has 0 fully saturated rings. The van der Waals surface area contributed by atoms with Crippen molar-refractivity contribution in [2.75, 3.05) is 23.7 Å². The zero-order valence-corrected chi connectivity index (χ0v) is 12.4. The van der Waals surface area contributed by atoms with Crippen LogP contribution in [-0.2, 0) is 0 Å². The Morgan fingerprint density at radius 3 is 2.80 bits per heavy atom. The highest BCUT2D eigenvalue weighted by molar-refractivity contribution is 7.14. The first-order valence-corrected chi connectivity index (χ1v) is 7.55. The van der Waals surface area contributed by atoms with Gasteiger partial charge in [-0.1, -0.05) is 0 Å². The number of anilines is 2. The molecule has 20 heavy (non-hydrogen) atoms. The topological polar surface area (TPSA) is 70.8 Å². The van der Waals surface area contributed by atoms with Crippen LogP contribution in [0, 0.1) is 0 Å². The van der Waals surface area contributed by atoms with E-state index in [9.17, 15) is 0 Å². The predicted molar refractivity (Wildman–Crippen MR) is 85.2 cm³/mol. The fourth-order valence-electron chi connectivity index (χ4n) is 2.26. The van der Waals surface area contributed by atoms with Gasteiger partial charge in [-0.05, 0) is 26.0 Å². The summed E-state index contributed by atoms with van der Waals surface area (Å²) in [4.78, 5) is 14.4. The summed E-state index contributed by atoms with van der Waals surface area (Å²) in [6.07, 6.45) is 1.94. The molecule has 3 heterocycles. The highest BCUT2D eigenvalue weighted by atomic mass is 32.1. The molecule has 5 nitrogen and oxygen atoms in total. The highest BCUT2D eigenvalue weighted by Gasteiger charge is 2.13. The van der Waals surface area contributed by atoms with Crippen LogP contribution in [-0.4, -0.2) is 28.0 Å². The summed E-state index contributed by atoms with van der Waals surface area (Å²) in [5.41, 5.74) is 8.56. The standard InChI is InChI=1S/C14H17N5S/c1-3-19(4-2)14-17-11(8-20-14)10-7-16-13-9(10)5-6-12(15)18-13/h5-8H,3-4H2,1-2H3,(H3,15,16,18). The number of aromatic nitrogens is 3. The van der Waals surface area contributed by atoms with Gasteiger partial charge in [0.25, 0.3) is 0 Å². The molecule has 0 aliphatic rings. The molecule has 0 saturated carbocycles. The number of pyridine rings is 1.